The molecule has 2 aromatic carbocycles. The summed E-state index contributed by atoms with van der Waals surface area (Å²) in [4.78, 5) is 0. The maximum absolute atomic E-state index is 5.73. The first-order chi connectivity index (χ1) is 13.7. The van der Waals surface area contributed by atoms with Crippen LogP contribution in [0.1, 0.15) is 11.4 Å². The molecule has 8 nitrogen and oxygen atoms in total. The number of ether oxygens (including phenoxy) is 4. The third-order valence-corrected chi connectivity index (χ3v) is 4.15. The van der Waals surface area contributed by atoms with Gasteiger partial charge in [0.2, 0.25) is 4.77 Å². The Kier molecular flexibility index (Phi) is 6.28. The van der Waals surface area contributed by atoms with E-state index < -0.39 is 0 Å². The summed E-state index contributed by atoms with van der Waals surface area (Å²) < 4.78 is 23.7. The van der Waals surface area contributed by atoms with Gasteiger partial charge in [-0.05, 0) is 24.4 Å². The van der Waals surface area contributed by atoms with E-state index in [1.165, 1.54) is 4.68 Å². The minimum absolute atomic E-state index is 0.200. The molecule has 0 aliphatic heterocycles. The number of nitrogens with one attached hydrogen (secondary N) is 1. The number of nitrogens with zero attached hydrogens (tertiary/aromatic N) is 3. The molecule has 0 amide bonds. The molecule has 1 aromatic heterocycles. The summed E-state index contributed by atoms with van der Waals surface area (Å²) in [6, 6.07) is 12.9. The highest BCUT2D eigenvalue weighted by molar-refractivity contribution is 7.71. The number of benzene rings is 2. The van der Waals surface area contributed by atoms with E-state index in [4.69, 9.17) is 31.2 Å². The van der Waals surface area contributed by atoms with Crippen molar-refractivity contribution < 1.29 is 18.9 Å². The first kappa shape index (κ1) is 19.4. The molecule has 0 atom stereocenters. The van der Waals surface area contributed by atoms with Gasteiger partial charge in [-0.25, -0.2) is 5.10 Å². The summed E-state index contributed by atoms with van der Waals surface area (Å²) in [7, 11) is 4.70. The topological polar surface area (TPSA) is 82.9 Å². The Balaban J connectivity index is 1.89. The van der Waals surface area contributed by atoms with E-state index >= 15 is 0 Å². The van der Waals surface area contributed by atoms with Gasteiger partial charge in [0, 0.05) is 12.1 Å². The molecule has 9 heteroatoms. The van der Waals surface area contributed by atoms with Crippen LogP contribution in [0.3, 0.4) is 0 Å². The van der Waals surface area contributed by atoms with Crippen LogP contribution in [-0.4, -0.2) is 42.4 Å². The van der Waals surface area contributed by atoms with Gasteiger partial charge in [-0.15, -0.1) is 0 Å². The minimum Gasteiger partial charge on any atom is -0.496 e. The molecule has 0 saturated heterocycles. The molecular weight excluding hydrogens is 380 g/mol. The van der Waals surface area contributed by atoms with Crippen molar-refractivity contribution in [2.45, 2.75) is 6.61 Å². The quantitative estimate of drug-likeness (QED) is 0.461. The first-order valence-electron chi connectivity index (χ1n) is 8.34. The molecule has 0 saturated carbocycles. The Morgan fingerprint density at radius 1 is 1.04 bits per heavy atom. The number of rotatable bonds is 8. The summed E-state index contributed by atoms with van der Waals surface area (Å²) >= 11 is 5.27. The molecule has 28 heavy (non-hydrogen) atoms. The van der Waals surface area contributed by atoms with Gasteiger partial charge in [0.25, 0.3) is 0 Å². The first-order valence-corrected chi connectivity index (χ1v) is 8.75. The SMILES string of the molecule is COc1cc(OC)c(/C=N/n2c(COc3ccccc3)n[nH]c2=S)c(OC)c1. The van der Waals surface area contributed by atoms with Crippen molar-refractivity contribution in [3.05, 3.63) is 58.6 Å². The van der Waals surface area contributed by atoms with Gasteiger partial charge in [-0.3, -0.25) is 0 Å². The summed E-state index contributed by atoms with van der Waals surface area (Å²) in [6.07, 6.45) is 1.59. The monoisotopic (exact) mass is 400 g/mol. The minimum atomic E-state index is 0.200. The maximum atomic E-state index is 5.73. The molecule has 0 unspecified atom stereocenters. The second kappa shape index (κ2) is 9.05. The Morgan fingerprint density at radius 3 is 2.32 bits per heavy atom. The molecule has 146 valence electrons. The molecule has 0 radical (unpaired) electrons. The van der Waals surface area contributed by atoms with Crippen molar-refractivity contribution in [3.63, 3.8) is 0 Å². The van der Waals surface area contributed by atoms with Crippen LogP contribution < -0.4 is 18.9 Å². The lowest BCUT2D eigenvalue weighted by molar-refractivity contribution is 0.290. The van der Waals surface area contributed by atoms with Crippen LogP contribution in [-0.2, 0) is 6.61 Å². The highest BCUT2D eigenvalue weighted by atomic mass is 32.1. The molecule has 0 bridgehead atoms. The van der Waals surface area contributed by atoms with Crippen LogP contribution in [0, 0.1) is 4.77 Å². The van der Waals surface area contributed by atoms with Crippen molar-refractivity contribution >= 4 is 18.4 Å². The fourth-order valence-electron chi connectivity index (χ4n) is 2.48. The molecule has 0 fully saturated rings. The van der Waals surface area contributed by atoms with E-state index in [-0.39, 0.29) is 6.61 Å². The zero-order valence-corrected chi connectivity index (χ0v) is 16.5. The summed E-state index contributed by atoms with van der Waals surface area (Å²) in [5.41, 5.74) is 0.642. The molecule has 3 aromatic rings. The Labute approximate surface area is 167 Å². The molecule has 3 rings (SSSR count). The van der Waals surface area contributed by atoms with E-state index in [2.05, 4.69) is 15.3 Å². The van der Waals surface area contributed by atoms with Crippen molar-refractivity contribution in [3.8, 4) is 23.0 Å². The number of hydrogen-bond acceptors (Lipinski definition) is 7. The smallest absolute Gasteiger partial charge is 0.216 e. The van der Waals surface area contributed by atoms with Gasteiger partial charge < -0.3 is 18.9 Å². The van der Waals surface area contributed by atoms with E-state index in [9.17, 15) is 0 Å². The van der Waals surface area contributed by atoms with Crippen molar-refractivity contribution in [2.75, 3.05) is 21.3 Å². The zero-order valence-electron chi connectivity index (χ0n) is 15.7. The normalized spacial score (nSPS) is 10.8. The molecule has 1 heterocycles. The van der Waals surface area contributed by atoms with E-state index in [1.54, 1.807) is 39.7 Å². The van der Waals surface area contributed by atoms with Crippen LogP contribution in [0.15, 0.2) is 47.6 Å². The summed E-state index contributed by atoms with van der Waals surface area (Å²) in [6.45, 7) is 0.200. The van der Waals surface area contributed by atoms with E-state index in [1.807, 2.05) is 30.3 Å². The number of para-hydroxylation sites is 1. The molecule has 0 aliphatic carbocycles. The second-order valence-corrected chi connectivity index (χ2v) is 5.94. The lowest BCUT2D eigenvalue weighted by Gasteiger charge is -2.12. The fraction of sp³-hybridized carbons (Fsp3) is 0.211. The van der Waals surface area contributed by atoms with Crippen LogP contribution in [0.25, 0.3) is 0 Å². The highest BCUT2D eigenvalue weighted by Crippen LogP contribution is 2.32. The maximum Gasteiger partial charge on any atom is 0.216 e. The van der Waals surface area contributed by atoms with Crippen LogP contribution in [0.4, 0.5) is 0 Å². The zero-order chi connectivity index (χ0) is 19.9. The predicted octanol–water partition coefficient (Wildman–Crippen LogP) is 3.43. The van der Waals surface area contributed by atoms with E-state index in [0.29, 0.717) is 33.4 Å². The lowest BCUT2D eigenvalue weighted by atomic mass is 10.2. The van der Waals surface area contributed by atoms with Crippen LogP contribution >= 0.6 is 12.2 Å². The van der Waals surface area contributed by atoms with Gasteiger partial charge in [-0.1, -0.05) is 18.2 Å². The van der Waals surface area contributed by atoms with Crippen LogP contribution in [0.5, 0.6) is 23.0 Å². The highest BCUT2D eigenvalue weighted by Gasteiger charge is 2.12. The van der Waals surface area contributed by atoms with Gasteiger partial charge >= 0.3 is 0 Å². The molecule has 0 spiro atoms. The second-order valence-electron chi connectivity index (χ2n) is 5.55. The third kappa shape index (κ3) is 4.32. The van der Waals surface area contributed by atoms with Gasteiger partial charge in [0.1, 0.15) is 29.6 Å². The number of hydrogen-bond donors (Lipinski definition) is 1. The molecule has 1 N–H and O–H groups in total. The average molecular weight is 400 g/mol. The number of aromatic amines is 1. The molecule has 0 aliphatic rings. The van der Waals surface area contributed by atoms with E-state index in [0.717, 1.165) is 5.75 Å². The third-order valence-electron chi connectivity index (χ3n) is 3.88. The van der Waals surface area contributed by atoms with Crippen molar-refractivity contribution in [1.82, 2.24) is 14.9 Å². The predicted molar refractivity (Wildman–Crippen MR) is 107 cm³/mol. The van der Waals surface area contributed by atoms with Gasteiger partial charge in [0.15, 0.2) is 5.82 Å². The molecular formula is C19H20N4O4S. The summed E-state index contributed by atoms with van der Waals surface area (Å²) in [5.74, 6) is 2.97. The Hall–Kier alpha value is -3.33. The number of aromatic nitrogens is 3. The standard InChI is InChI=1S/C19H20N4O4S/c1-24-14-9-16(25-2)15(17(10-14)26-3)11-20-23-18(21-22-19(23)28)12-27-13-7-5-4-6-8-13/h4-11H,12H2,1-3H3,(H,22,28)/b20-11+. The fourth-order valence-corrected chi connectivity index (χ4v) is 2.67. The van der Waals surface area contributed by atoms with Gasteiger partial charge in [0.05, 0.1) is 33.1 Å². The van der Waals surface area contributed by atoms with Gasteiger partial charge in [-0.2, -0.15) is 14.9 Å². The van der Waals surface area contributed by atoms with Crippen molar-refractivity contribution in [2.24, 2.45) is 5.10 Å². The Morgan fingerprint density at radius 2 is 1.71 bits per heavy atom. The number of H-pyrrole nitrogens is 1. The van der Waals surface area contributed by atoms with Crippen LogP contribution in [0.2, 0.25) is 0 Å². The van der Waals surface area contributed by atoms with Crippen molar-refractivity contribution in [1.29, 1.82) is 0 Å². The summed E-state index contributed by atoms with van der Waals surface area (Å²) in [5, 5.41) is 11.3. The Bertz CT molecular complexity index is 989. The largest absolute Gasteiger partial charge is 0.496 e. The number of methoxy groups -OCH3 is 3. The lowest BCUT2D eigenvalue weighted by Crippen LogP contribution is -2.05. The average Bonchev–Trinajstić information content (AvgIpc) is 3.10.